The predicted octanol–water partition coefficient (Wildman–Crippen LogP) is 3.10. The minimum absolute atomic E-state index is 0.0364. The maximum absolute atomic E-state index is 11.9. The zero-order valence-electron chi connectivity index (χ0n) is 15.6. The van der Waals surface area contributed by atoms with E-state index in [0.717, 1.165) is 38.5 Å². The maximum Gasteiger partial charge on any atom is 0.303 e. The van der Waals surface area contributed by atoms with Crippen LogP contribution in [0.15, 0.2) is 0 Å². The Morgan fingerprint density at radius 3 is 2.16 bits per heavy atom. The van der Waals surface area contributed by atoms with E-state index in [1.807, 2.05) is 0 Å². The minimum Gasteiger partial charge on any atom is -0.481 e. The van der Waals surface area contributed by atoms with Crippen molar-refractivity contribution in [3.05, 3.63) is 0 Å². The van der Waals surface area contributed by atoms with Crippen LogP contribution in [0.3, 0.4) is 0 Å². The van der Waals surface area contributed by atoms with Gasteiger partial charge in [-0.25, -0.2) is 0 Å². The van der Waals surface area contributed by atoms with Crippen molar-refractivity contribution < 1.29 is 19.5 Å². The van der Waals surface area contributed by atoms with E-state index in [0.29, 0.717) is 6.42 Å². The molecule has 0 bridgehead atoms. The van der Waals surface area contributed by atoms with Crippen molar-refractivity contribution in [2.75, 3.05) is 13.1 Å². The molecule has 25 heavy (non-hydrogen) atoms. The van der Waals surface area contributed by atoms with Crippen LogP contribution in [0.25, 0.3) is 0 Å². The fraction of sp³-hybridized carbons (Fsp3) is 0.842. The standard InChI is InChI=1S/C19H34N2O4/c1-2-16(21-15-17(22)20-14-18(21)23)12-10-8-6-4-3-5-7-9-11-13-19(24)25/h16H,2-15H2,1H3,(H,20,22)(H,24,25). The van der Waals surface area contributed by atoms with Crippen LogP contribution in [0.5, 0.6) is 0 Å². The summed E-state index contributed by atoms with van der Waals surface area (Å²) >= 11 is 0. The number of piperazine rings is 1. The number of rotatable bonds is 14. The lowest BCUT2D eigenvalue weighted by atomic mass is 10.0. The Labute approximate surface area is 151 Å². The smallest absolute Gasteiger partial charge is 0.303 e. The SMILES string of the molecule is CCC(CCCCCCCCCCCC(=O)O)N1CC(=O)NCC1=O. The highest BCUT2D eigenvalue weighted by molar-refractivity contribution is 5.92. The third kappa shape index (κ3) is 9.46. The number of nitrogens with one attached hydrogen (secondary N) is 1. The van der Waals surface area contributed by atoms with Crippen molar-refractivity contribution in [2.24, 2.45) is 0 Å². The molecule has 1 saturated heterocycles. The molecule has 1 fully saturated rings. The van der Waals surface area contributed by atoms with Gasteiger partial charge in [-0.05, 0) is 19.3 Å². The molecule has 0 radical (unpaired) electrons. The number of carboxylic acids is 1. The van der Waals surface area contributed by atoms with E-state index < -0.39 is 5.97 Å². The highest BCUT2D eigenvalue weighted by Crippen LogP contribution is 2.17. The summed E-state index contributed by atoms with van der Waals surface area (Å²) in [5, 5.41) is 11.2. The van der Waals surface area contributed by atoms with Gasteiger partial charge in [0.15, 0.2) is 0 Å². The number of carboxylic acid groups (broad SMARTS) is 1. The van der Waals surface area contributed by atoms with E-state index in [4.69, 9.17) is 5.11 Å². The molecule has 1 heterocycles. The molecule has 1 aliphatic heterocycles. The molecule has 1 unspecified atom stereocenters. The molecule has 144 valence electrons. The summed E-state index contributed by atoms with van der Waals surface area (Å²) < 4.78 is 0. The number of carbonyl (C=O) groups excluding carboxylic acids is 2. The van der Waals surface area contributed by atoms with Crippen molar-refractivity contribution in [1.29, 1.82) is 0 Å². The summed E-state index contributed by atoms with van der Waals surface area (Å²) in [4.78, 5) is 35.6. The molecule has 1 rings (SSSR count). The second-order valence-corrected chi connectivity index (χ2v) is 6.97. The second-order valence-electron chi connectivity index (χ2n) is 6.97. The van der Waals surface area contributed by atoms with Crippen molar-refractivity contribution in [3.8, 4) is 0 Å². The van der Waals surface area contributed by atoms with Gasteiger partial charge in [0.05, 0.1) is 13.1 Å². The van der Waals surface area contributed by atoms with Crippen molar-refractivity contribution >= 4 is 17.8 Å². The summed E-state index contributed by atoms with van der Waals surface area (Å²) in [6.07, 6.45) is 12.2. The third-order valence-corrected chi connectivity index (χ3v) is 4.91. The molecular formula is C19H34N2O4. The number of amides is 2. The van der Waals surface area contributed by atoms with E-state index in [1.54, 1.807) is 4.90 Å². The molecule has 0 aromatic carbocycles. The molecule has 0 aromatic heterocycles. The fourth-order valence-electron chi connectivity index (χ4n) is 3.38. The van der Waals surface area contributed by atoms with E-state index in [2.05, 4.69) is 12.2 Å². The molecule has 1 aliphatic rings. The zero-order chi connectivity index (χ0) is 18.5. The van der Waals surface area contributed by atoms with Crippen LogP contribution >= 0.6 is 0 Å². The minimum atomic E-state index is -0.697. The van der Waals surface area contributed by atoms with Crippen LogP contribution in [-0.2, 0) is 14.4 Å². The monoisotopic (exact) mass is 354 g/mol. The molecule has 6 heteroatoms. The van der Waals surface area contributed by atoms with Crippen LogP contribution in [-0.4, -0.2) is 46.9 Å². The van der Waals surface area contributed by atoms with E-state index in [-0.39, 0.29) is 30.9 Å². The maximum atomic E-state index is 11.9. The first-order valence-corrected chi connectivity index (χ1v) is 9.82. The van der Waals surface area contributed by atoms with Crippen molar-refractivity contribution in [1.82, 2.24) is 10.2 Å². The van der Waals surface area contributed by atoms with E-state index in [9.17, 15) is 14.4 Å². The average molecular weight is 354 g/mol. The summed E-state index contributed by atoms with van der Waals surface area (Å²) in [7, 11) is 0. The average Bonchev–Trinajstić information content (AvgIpc) is 2.58. The third-order valence-electron chi connectivity index (χ3n) is 4.91. The van der Waals surface area contributed by atoms with Crippen molar-refractivity contribution in [2.45, 2.75) is 90.0 Å². The van der Waals surface area contributed by atoms with Gasteiger partial charge in [-0.2, -0.15) is 0 Å². The van der Waals surface area contributed by atoms with Gasteiger partial charge >= 0.3 is 5.97 Å². The highest BCUT2D eigenvalue weighted by Gasteiger charge is 2.28. The first-order chi connectivity index (χ1) is 12.0. The molecule has 6 nitrogen and oxygen atoms in total. The second kappa shape index (κ2) is 12.7. The van der Waals surface area contributed by atoms with Gasteiger partial charge in [0, 0.05) is 12.5 Å². The summed E-state index contributed by atoms with van der Waals surface area (Å²) in [5.74, 6) is -0.715. The Balaban J connectivity index is 2.01. The molecule has 1 atom stereocenters. The predicted molar refractivity (Wildman–Crippen MR) is 97.2 cm³/mol. The first-order valence-electron chi connectivity index (χ1n) is 9.82. The molecule has 0 spiro atoms. The van der Waals surface area contributed by atoms with Gasteiger partial charge in [0.25, 0.3) is 0 Å². The summed E-state index contributed by atoms with van der Waals surface area (Å²) in [6, 6.07) is 0.188. The van der Waals surface area contributed by atoms with Crippen LogP contribution in [0.2, 0.25) is 0 Å². The van der Waals surface area contributed by atoms with Crippen LogP contribution in [0, 0.1) is 0 Å². The van der Waals surface area contributed by atoms with E-state index >= 15 is 0 Å². The topological polar surface area (TPSA) is 86.7 Å². The number of carbonyl (C=O) groups is 3. The van der Waals surface area contributed by atoms with Gasteiger partial charge in [0.2, 0.25) is 11.8 Å². The quantitative estimate of drug-likeness (QED) is 0.469. The van der Waals surface area contributed by atoms with Crippen LogP contribution in [0.4, 0.5) is 0 Å². The Kier molecular flexibility index (Phi) is 10.9. The van der Waals surface area contributed by atoms with Gasteiger partial charge in [-0.3, -0.25) is 14.4 Å². The molecule has 0 aromatic rings. The lowest BCUT2D eigenvalue weighted by Crippen LogP contribution is -2.55. The van der Waals surface area contributed by atoms with Gasteiger partial charge in [-0.15, -0.1) is 0 Å². The van der Waals surface area contributed by atoms with Gasteiger partial charge in [-0.1, -0.05) is 58.3 Å². The molecule has 2 N–H and O–H groups in total. The number of nitrogens with zero attached hydrogens (tertiary/aromatic N) is 1. The number of aliphatic carboxylic acids is 1. The summed E-state index contributed by atoms with van der Waals surface area (Å²) in [5.41, 5.74) is 0. The molecule has 0 aliphatic carbocycles. The Morgan fingerprint density at radius 1 is 1.04 bits per heavy atom. The highest BCUT2D eigenvalue weighted by atomic mass is 16.4. The largest absolute Gasteiger partial charge is 0.481 e. The molecule has 0 saturated carbocycles. The Hall–Kier alpha value is -1.59. The molecular weight excluding hydrogens is 320 g/mol. The lowest BCUT2D eigenvalue weighted by molar-refractivity contribution is -0.143. The van der Waals surface area contributed by atoms with Gasteiger partial charge in [0.1, 0.15) is 0 Å². The first kappa shape index (κ1) is 21.5. The number of hydrogen-bond acceptors (Lipinski definition) is 3. The van der Waals surface area contributed by atoms with E-state index in [1.165, 1.54) is 32.1 Å². The number of hydrogen-bond donors (Lipinski definition) is 2. The fourth-order valence-corrected chi connectivity index (χ4v) is 3.38. The lowest BCUT2D eigenvalue weighted by Gasteiger charge is -2.33. The zero-order valence-corrected chi connectivity index (χ0v) is 15.6. The van der Waals surface area contributed by atoms with Crippen molar-refractivity contribution in [3.63, 3.8) is 0 Å². The van der Waals surface area contributed by atoms with Crippen LogP contribution < -0.4 is 5.32 Å². The van der Waals surface area contributed by atoms with Crippen LogP contribution in [0.1, 0.15) is 84.0 Å². The summed E-state index contributed by atoms with van der Waals surface area (Å²) in [6.45, 7) is 2.43. The molecule has 2 amide bonds. The normalized spacial score (nSPS) is 16.0. The van der Waals surface area contributed by atoms with Gasteiger partial charge < -0.3 is 15.3 Å². The Bertz CT molecular complexity index is 426. The number of unbranched alkanes of at least 4 members (excludes halogenated alkanes) is 8. The Morgan fingerprint density at radius 2 is 1.60 bits per heavy atom.